The molecule has 0 aliphatic carbocycles. The van der Waals surface area contributed by atoms with Crippen molar-refractivity contribution < 1.29 is 0 Å². The van der Waals surface area contributed by atoms with Crippen LogP contribution in [0, 0.1) is 6.92 Å². The van der Waals surface area contributed by atoms with E-state index in [0.29, 0.717) is 0 Å². The van der Waals surface area contributed by atoms with Gasteiger partial charge in [-0.05, 0) is 37.5 Å². The smallest absolute Gasteiger partial charge is 0.0642 e. The summed E-state index contributed by atoms with van der Waals surface area (Å²) in [6.45, 7) is 4.38. The van der Waals surface area contributed by atoms with E-state index in [-0.39, 0.29) is 0 Å². The number of anilines is 1. The Kier molecular flexibility index (Phi) is 2.45. The molecule has 0 N–H and O–H groups in total. The third-order valence-electron chi connectivity index (χ3n) is 2.55. The first kappa shape index (κ1) is 8.89. The second-order valence-electron chi connectivity index (χ2n) is 3.65. The molecule has 1 saturated heterocycles. The lowest BCUT2D eigenvalue weighted by Crippen LogP contribution is -2.17. The van der Waals surface area contributed by atoms with Crippen LogP contribution in [0.15, 0.2) is 18.2 Å². The normalized spacial score (nSPS) is 16.6. The van der Waals surface area contributed by atoms with E-state index in [1.807, 2.05) is 6.07 Å². The molecule has 13 heavy (non-hydrogen) atoms. The molecule has 70 valence electrons. The Bertz CT molecular complexity index is 303. The lowest BCUT2D eigenvalue weighted by molar-refractivity contribution is 0.949. The van der Waals surface area contributed by atoms with Crippen molar-refractivity contribution in [2.45, 2.75) is 19.8 Å². The third-order valence-corrected chi connectivity index (χ3v) is 2.85. The second-order valence-corrected chi connectivity index (χ2v) is 4.06. The molecule has 0 amide bonds. The molecular formula is C11H14ClN. The Balaban J connectivity index is 2.29. The lowest BCUT2D eigenvalue weighted by atomic mass is 10.2. The van der Waals surface area contributed by atoms with Gasteiger partial charge >= 0.3 is 0 Å². The molecular weight excluding hydrogens is 182 g/mol. The fraction of sp³-hybridized carbons (Fsp3) is 0.455. The van der Waals surface area contributed by atoms with Gasteiger partial charge in [0.05, 0.1) is 10.7 Å². The minimum absolute atomic E-state index is 0.891. The number of aryl methyl sites for hydroxylation is 1. The molecule has 1 heterocycles. The van der Waals surface area contributed by atoms with E-state index in [9.17, 15) is 0 Å². The number of nitrogens with zero attached hydrogens (tertiary/aromatic N) is 1. The molecule has 2 rings (SSSR count). The van der Waals surface area contributed by atoms with Gasteiger partial charge in [-0.1, -0.05) is 17.7 Å². The second kappa shape index (κ2) is 3.59. The predicted octanol–water partition coefficient (Wildman–Crippen LogP) is 3.25. The van der Waals surface area contributed by atoms with Crippen LogP contribution >= 0.6 is 11.6 Å². The Hall–Kier alpha value is -0.690. The number of rotatable bonds is 1. The summed E-state index contributed by atoms with van der Waals surface area (Å²) in [5.74, 6) is 0. The molecule has 0 unspecified atom stereocenters. The van der Waals surface area contributed by atoms with E-state index >= 15 is 0 Å². The number of hydrogen-bond donors (Lipinski definition) is 0. The molecule has 0 saturated carbocycles. The molecule has 1 aliphatic rings. The molecule has 1 aliphatic heterocycles. The summed E-state index contributed by atoms with van der Waals surface area (Å²) in [5.41, 5.74) is 2.43. The van der Waals surface area contributed by atoms with Crippen LogP contribution in [-0.4, -0.2) is 13.1 Å². The van der Waals surface area contributed by atoms with Crippen LogP contribution in [0.2, 0.25) is 5.02 Å². The van der Waals surface area contributed by atoms with Gasteiger partial charge in [0.2, 0.25) is 0 Å². The highest BCUT2D eigenvalue weighted by atomic mass is 35.5. The van der Waals surface area contributed by atoms with E-state index in [2.05, 4.69) is 24.0 Å². The Labute approximate surface area is 84.3 Å². The molecule has 0 atom stereocenters. The molecule has 1 nitrogen and oxygen atoms in total. The maximum atomic E-state index is 6.17. The molecule has 2 heteroatoms. The van der Waals surface area contributed by atoms with Crippen LogP contribution in [0.25, 0.3) is 0 Å². The van der Waals surface area contributed by atoms with Crippen molar-refractivity contribution in [3.05, 3.63) is 28.8 Å². The van der Waals surface area contributed by atoms with Gasteiger partial charge in [-0.3, -0.25) is 0 Å². The van der Waals surface area contributed by atoms with E-state index in [0.717, 1.165) is 18.1 Å². The molecule has 0 radical (unpaired) electrons. The Morgan fingerprint density at radius 2 is 1.92 bits per heavy atom. The molecule has 1 aromatic rings. The van der Waals surface area contributed by atoms with Gasteiger partial charge in [-0.25, -0.2) is 0 Å². The van der Waals surface area contributed by atoms with Crippen LogP contribution in [0.1, 0.15) is 18.4 Å². The zero-order valence-corrected chi connectivity index (χ0v) is 8.64. The van der Waals surface area contributed by atoms with Crippen molar-refractivity contribution in [2.24, 2.45) is 0 Å². The van der Waals surface area contributed by atoms with Crippen molar-refractivity contribution in [3.8, 4) is 0 Å². The summed E-state index contributed by atoms with van der Waals surface area (Å²) >= 11 is 6.17. The summed E-state index contributed by atoms with van der Waals surface area (Å²) in [7, 11) is 0. The molecule has 0 aromatic heterocycles. The minimum atomic E-state index is 0.891. The van der Waals surface area contributed by atoms with E-state index in [1.54, 1.807) is 0 Å². The summed E-state index contributed by atoms with van der Waals surface area (Å²) in [6, 6.07) is 6.29. The van der Waals surface area contributed by atoms with E-state index in [4.69, 9.17) is 11.6 Å². The Morgan fingerprint density at radius 3 is 2.54 bits per heavy atom. The maximum Gasteiger partial charge on any atom is 0.0642 e. The number of hydrogen-bond acceptors (Lipinski definition) is 1. The lowest BCUT2D eigenvalue weighted by Gasteiger charge is -2.19. The molecule has 0 bridgehead atoms. The van der Waals surface area contributed by atoms with Crippen LogP contribution in [-0.2, 0) is 0 Å². The topological polar surface area (TPSA) is 3.24 Å². The van der Waals surface area contributed by atoms with Gasteiger partial charge in [0.15, 0.2) is 0 Å². The molecule has 0 spiro atoms. The van der Waals surface area contributed by atoms with Gasteiger partial charge in [-0.2, -0.15) is 0 Å². The quantitative estimate of drug-likeness (QED) is 0.665. The SMILES string of the molecule is Cc1ccc(N2CCCC2)c(Cl)c1. The van der Waals surface area contributed by atoms with Crippen molar-refractivity contribution in [1.29, 1.82) is 0 Å². The summed E-state index contributed by atoms with van der Waals surface area (Å²) < 4.78 is 0. The summed E-state index contributed by atoms with van der Waals surface area (Å²) in [4.78, 5) is 2.36. The van der Waals surface area contributed by atoms with Crippen molar-refractivity contribution >= 4 is 17.3 Å². The minimum Gasteiger partial charge on any atom is -0.370 e. The van der Waals surface area contributed by atoms with Crippen LogP contribution < -0.4 is 4.90 Å². The standard InChI is InChI=1S/C11H14ClN/c1-9-4-5-11(10(12)8-9)13-6-2-3-7-13/h4-5,8H,2-3,6-7H2,1H3. The molecule has 1 aromatic carbocycles. The first-order valence-corrected chi connectivity index (χ1v) is 5.16. The average Bonchev–Trinajstić information content (AvgIpc) is 2.56. The monoisotopic (exact) mass is 195 g/mol. The van der Waals surface area contributed by atoms with Gasteiger partial charge in [0, 0.05) is 13.1 Å². The summed E-state index contributed by atoms with van der Waals surface area (Å²) in [6.07, 6.45) is 2.59. The van der Waals surface area contributed by atoms with Crippen LogP contribution in [0.3, 0.4) is 0 Å². The van der Waals surface area contributed by atoms with Gasteiger partial charge in [0.1, 0.15) is 0 Å². The third kappa shape index (κ3) is 1.80. The number of halogens is 1. The predicted molar refractivity (Wildman–Crippen MR) is 57.6 cm³/mol. The highest BCUT2D eigenvalue weighted by Crippen LogP contribution is 2.29. The van der Waals surface area contributed by atoms with E-state index < -0.39 is 0 Å². The molecule has 1 fully saturated rings. The van der Waals surface area contributed by atoms with Crippen LogP contribution in [0.5, 0.6) is 0 Å². The van der Waals surface area contributed by atoms with Gasteiger partial charge < -0.3 is 4.90 Å². The van der Waals surface area contributed by atoms with Crippen LogP contribution in [0.4, 0.5) is 5.69 Å². The largest absolute Gasteiger partial charge is 0.370 e. The Morgan fingerprint density at radius 1 is 1.23 bits per heavy atom. The van der Waals surface area contributed by atoms with Gasteiger partial charge in [-0.15, -0.1) is 0 Å². The maximum absolute atomic E-state index is 6.17. The fourth-order valence-electron chi connectivity index (χ4n) is 1.83. The number of benzene rings is 1. The first-order chi connectivity index (χ1) is 6.27. The van der Waals surface area contributed by atoms with Gasteiger partial charge in [0.25, 0.3) is 0 Å². The fourth-order valence-corrected chi connectivity index (χ4v) is 2.18. The van der Waals surface area contributed by atoms with E-state index in [1.165, 1.54) is 24.1 Å². The van der Waals surface area contributed by atoms with Crippen molar-refractivity contribution in [1.82, 2.24) is 0 Å². The highest BCUT2D eigenvalue weighted by molar-refractivity contribution is 6.33. The van der Waals surface area contributed by atoms with Crippen molar-refractivity contribution in [3.63, 3.8) is 0 Å². The summed E-state index contributed by atoms with van der Waals surface area (Å²) in [5, 5.41) is 0.891. The average molecular weight is 196 g/mol. The zero-order valence-electron chi connectivity index (χ0n) is 7.89. The zero-order chi connectivity index (χ0) is 9.26. The highest BCUT2D eigenvalue weighted by Gasteiger charge is 2.14. The first-order valence-electron chi connectivity index (χ1n) is 4.78. The van der Waals surface area contributed by atoms with Crippen molar-refractivity contribution in [2.75, 3.05) is 18.0 Å².